The average molecular weight is 853 g/mol. The molecule has 5 aromatic rings. The van der Waals surface area contributed by atoms with E-state index in [2.05, 4.69) is 52.4 Å². The maximum Gasteiger partial charge on any atom is 0.234 e. The van der Waals surface area contributed by atoms with Crippen molar-refractivity contribution < 1.29 is 22.4 Å². The lowest BCUT2D eigenvalue weighted by atomic mass is 9.90. The second-order valence-corrected chi connectivity index (χ2v) is 18.7. The second kappa shape index (κ2) is 17.7. The molecule has 3 saturated heterocycles. The highest BCUT2D eigenvalue weighted by atomic mass is 32.2. The molecule has 0 radical (unpaired) electrons. The number of nitrogens with zero attached hydrogens (tertiary/aromatic N) is 7. The van der Waals surface area contributed by atoms with Crippen LogP contribution in [-0.4, -0.2) is 90.9 Å². The SMILES string of the molecule is CCC(c1cccc(-c2nc(C)sc2-c2ccnc(Nc3ccc(N4CCN(CC5CCN(c6ccc(C7CCC(=O)NC7=O)cc6)CC5)CC4)cn3)n2)c1F)S(N)(=O)=O. The van der Waals surface area contributed by atoms with Crippen LogP contribution in [0.3, 0.4) is 0 Å². The Morgan fingerprint density at radius 2 is 1.65 bits per heavy atom. The van der Waals surface area contributed by atoms with Gasteiger partial charge in [0.25, 0.3) is 0 Å². The zero-order valence-electron chi connectivity index (χ0n) is 33.7. The molecule has 0 spiro atoms. The van der Waals surface area contributed by atoms with Gasteiger partial charge in [-0.15, -0.1) is 11.3 Å². The smallest absolute Gasteiger partial charge is 0.234 e. The number of benzene rings is 2. The van der Waals surface area contributed by atoms with E-state index in [1.807, 2.05) is 37.4 Å². The molecular formula is C43H49FN10O4S2. The number of rotatable bonds is 12. The van der Waals surface area contributed by atoms with E-state index in [1.54, 1.807) is 31.3 Å². The number of amides is 2. The molecule has 60 heavy (non-hydrogen) atoms. The first-order valence-electron chi connectivity index (χ1n) is 20.4. The maximum atomic E-state index is 16.0. The number of piperidine rings is 2. The standard InChI is InChI=1S/C43H49FN10O4S2/c1-3-36(60(45,57)58)33-5-4-6-34(39(33)44)40-41(59-27(2)48-40)35-15-18-46-43(49-35)50-37-13-11-31(25-47-37)54-23-21-52(22-24-54)26-28-16-19-53(20-17-28)30-9-7-29(8-10-30)32-12-14-38(55)51-42(32)56/h4-11,13,15,18,25,28,32,36H,3,12,14,16-17,19-24,26H2,1-2H3,(H2,45,57,58)(H,51,55,56)(H,46,47,49,50). The lowest BCUT2D eigenvalue weighted by Crippen LogP contribution is -2.49. The summed E-state index contributed by atoms with van der Waals surface area (Å²) in [6.07, 6.45) is 6.84. The highest BCUT2D eigenvalue weighted by Crippen LogP contribution is 2.40. The molecule has 3 aromatic heterocycles. The number of aromatic nitrogens is 4. The summed E-state index contributed by atoms with van der Waals surface area (Å²) in [7, 11) is -4.02. The molecule has 2 amide bonds. The Kier molecular flexibility index (Phi) is 12.2. The van der Waals surface area contributed by atoms with Crippen molar-refractivity contribution in [1.82, 2.24) is 30.2 Å². The van der Waals surface area contributed by atoms with Gasteiger partial charge in [0.05, 0.1) is 39.1 Å². The zero-order valence-corrected chi connectivity index (χ0v) is 35.3. The molecule has 8 rings (SSSR count). The van der Waals surface area contributed by atoms with Crippen molar-refractivity contribution in [1.29, 1.82) is 0 Å². The molecule has 14 nitrogen and oxygen atoms in total. The third-order valence-electron chi connectivity index (χ3n) is 11.8. The van der Waals surface area contributed by atoms with Crippen molar-refractivity contribution in [2.75, 3.05) is 60.9 Å². The fraction of sp³-hybridized carbons (Fsp3) is 0.395. The molecule has 0 bridgehead atoms. The van der Waals surface area contributed by atoms with Crippen molar-refractivity contribution in [3.05, 3.63) is 95.0 Å². The highest BCUT2D eigenvalue weighted by molar-refractivity contribution is 7.89. The lowest BCUT2D eigenvalue weighted by molar-refractivity contribution is -0.134. The van der Waals surface area contributed by atoms with E-state index in [0.29, 0.717) is 51.8 Å². The molecule has 0 saturated carbocycles. The van der Waals surface area contributed by atoms with Gasteiger partial charge in [-0.25, -0.2) is 37.9 Å². The fourth-order valence-electron chi connectivity index (χ4n) is 8.56. The van der Waals surface area contributed by atoms with E-state index < -0.39 is 21.1 Å². The number of imide groups is 1. The van der Waals surface area contributed by atoms with Gasteiger partial charge < -0.3 is 15.1 Å². The van der Waals surface area contributed by atoms with Crippen molar-refractivity contribution >= 4 is 56.3 Å². The second-order valence-electron chi connectivity index (χ2n) is 15.7. The number of carbonyl (C=O) groups excluding carboxylic acids is 2. The summed E-state index contributed by atoms with van der Waals surface area (Å²) < 4.78 is 40.5. The fourth-order valence-corrected chi connectivity index (χ4v) is 10.5. The van der Waals surface area contributed by atoms with Crippen LogP contribution in [-0.2, 0) is 19.6 Å². The van der Waals surface area contributed by atoms with E-state index in [4.69, 9.17) is 10.1 Å². The van der Waals surface area contributed by atoms with Crippen LogP contribution < -0.4 is 25.6 Å². The van der Waals surface area contributed by atoms with Gasteiger partial charge in [-0.2, -0.15) is 0 Å². The van der Waals surface area contributed by atoms with Gasteiger partial charge in [0.1, 0.15) is 16.9 Å². The monoisotopic (exact) mass is 852 g/mol. The number of sulfonamides is 1. The Morgan fingerprint density at radius 1 is 0.917 bits per heavy atom. The Morgan fingerprint density at radius 3 is 2.33 bits per heavy atom. The number of anilines is 4. The first-order chi connectivity index (χ1) is 28.9. The summed E-state index contributed by atoms with van der Waals surface area (Å²) in [6, 6.07) is 18.6. The number of piperazine rings is 1. The predicted molar refractivity (Wildman–Crippen MR) is 232 cm³/mol. The minimum absolute atomic E-state index is 0.0125. The quantitative estimate of drug-likeness (QED) is 0.122. The van der Waals surface area contributed by atoms with Crippen LogP contribution in [0.25, 0.3) is 21.8 Å². The zero-order chi connectivity index (χ0) is 42.0. The summed E-state index contributed by atoms with van der Waals surface area (Å²) in [5, 5.41) is 10.6. The molecule has 2 aromatic carbocycles. The Bertz CT molecular complexity index is 2450. The van der Waals surface area contributed by atoms with E-state index in [9.17, 15) is 18.0 Å². The molecule has 4 N–H and O–H groups in total. The molecule has 2 unspecified atom stereocenters. The maximum absolute atomic E-state index is 16.0. The van der Waals surface area contributed by atoms with Crippen LogP contribution in [0.1, 0.15) is 66.3 Å². The van der Waals surface area contributed by atoms with Crippen molar-refractivity contribution in [3.8, 4) is 21.8 Å². The number of hydrogen-bond acceptors (Lipinski definition) is 13. The van der Waals surface area contributed by atoms with E-state index in [-0.39, 0.29) is 35.3 Å². The van der Waals surface area contributed by atoms with E-state index in [1.165, 1.54) is 23.1 Å². The summed E-state index contributed by atoms with van der Waals surface area (Å²) in [4.78, 5) is 50.2. The summed E-state index contributed by atoms with van der Waals surface area (Å²) in [5.74, 6) is 0.239. The summed E-state index contributed by atoms with van der Waals surface area (Å²) in [6.45, 7) is 10.4. The first kappa shape index (κ1) is 41.4. The predicted octanol–water partition coefficient (Wildman–Crippen LogP) is 6.15. The lowest BCUT2D eigenvalue weighted by Gasteiger charge is -2.40. The number of hydrogen-bond donors (Lipinski definition) is 3. The minimum Gasteiger partial charge on any atom is -0.372 e. The molecule has 6 heterocycles. The van der Waals surface area contributed by atoms with Gasteiger partial charge in [0, 0.05) is 75.2 Å². The number of carbonyl (C=O) groups is 2. The highest BCUT2D eigenvalue weighted by Gasteiger charge is 2.30. The van der Waals surface area contributed by atoms with Crippen LogP contribution in [0.15, 0.2) is 73.1 Å². The van der Waals surface area contributed by atoms with Gasteiger partial charge in [-0.3, -0.25) is 19.8 Å². The molecule has 2 atom stereocenters. The third-order valence-corrected chi connectivity index (χ3v) is 14.1. The minimum atomic E-state index is -4.02. The number of primary sulfonamides is 1. The van der Waals surface area contributed by atoms with Crippen LogP contribution in [0, 0.1) is 18.7 Å². The van der Waals surface area contributed by atoms with E-state index >= 15 is 4.39 Å². The number of thiazole rings is 1. The number of aryl methyl sites for hydroxylation is 1. The van der Waals surface area contributed by atoms with Gasteiger partial charge in [0.2, 0.25) is 27.8 Å². The number of pyridine rings is 1. The molecule has 0 aliphatic carbocycles. The Balaban J connectivity index is 0.832. The number of halogens is 1. The van der Waals surface area contributed by atoms with Crippen LogP contribution in [0.5, 0.6) is 0 Å². The van der Waals surface area contributed by atoms with Crippen LogP contribution in [0.4, 0.5) is 27.5 Å². The number of nitrogens with two attached hydrogens (primary N) is 1. The molecule has 3 aliphatic rings. The van der Waals surface area contributed by atoms with E-state index in [0.717, 1.165) is 69.9 Å². The Hall–Kier alpha value is -5.36. The normalized spacial score (nSPS) is 18.7. The third kappa shape index (κ3) is 9.18. The average Bonchev–Trinajstić information content (AvgIpc) is 3.63. The Labute approximate surface area is 353 Å². The van der Waals surface area contributed by atoms with Gasteiger partial charge >= 0.3 is 0 Å². The van der Waals surface area contributed by atoms with Gasteiger partial charge in [-0.05, 0) is 80.5 Å². The number of nitrogens with one attached hydrogen (secondary N) is 2. The van der Waals surface area contributed by atoms with Crippen molar-refractivity contribution in [2.45, 2.75) is 57.1 Å². The largest absolute Gasteiger partial charge is 0.372 e. The topological polar surface area (TPSA) is 180 Å². The molecule has 314 valence electrons. The molecular weight excluding hydrogens is 804 g/mol. The molecule has 17 heteroatoms. The van der Waals surface area contributed by atoms with Gasteiger partial charge in [-0.1, -0.05) is 31.2 Å². The first-order valence-corrected chi connectivity index (χ1v) is 22.9. The van der Waals surface area contributed by atoms with Crippen LogP contribution >= 0.6 is 11.3 Å². The summed E-state index contributed by atoms with van der Waals surface area (Å²) >= 11 is 1.36. The van der Waals surface area contributed by atoms with Crippen molar-refractivity contribution in [3.63, 3.8) is 0 Å². The van der Waals surface area contributed by atoms with Crippen LogP contribution in [0.2, 0.25) is 0 Å². The molecule has 3 aliphatic heterocycles. The van der Waals surface area contributed by atoms with Crippen molar-refractivity contribution in [2.24, 2.45) is 11.1 Å². The van der Waals surface area contributed by atoms with Gasteiger partial charge in [0.15, 0.2) is 0 Å². The summed E-state index contributed by atoms with van der Waals surface area (Å²) in [5.41, 5.74) is 4.29. The molecule has 3 fully saturated rings.